The summed E-state index contributed by atoms with van der Waals surface area (Å²) in [5.74, 6) is -0.542. The van der Waals surface area contributed by atoms with E-state index in [-0.39, 0.29) is 36.6 Å². The molecule has 0 saturated carbocycles. The van der Waals surface area contributed by atoms with E-state index in [0.717, 1.165) is 23.1 Å². The maximum absolute atomic E-state index is 11.6. The van der Waals surface area contributed by atoms with Gasteiger partial charge in [-0.25, -0.2) is 8.42 Å². The average molecular weight is 465 g/mol. The number of carbonyl (C=O) groups is 1. The molecule has 0 spiro atoms. The van der Waals surface area contributed by atoms with E-state index >= 15 is 0 Å². The van der Waals surface area contributed by atoms with E-state index in [2.05, 4.69) is 16.8 Å². The molecule has 0 saturated heterocycles. The van der Waals surface area contributed by atoms with Crippen LogP contribution in [0.2, 0.25) is 0 Å². The summed E-state index contributed by atoms with van der Waals surface area (Å²) in [6, 6.07) is 4.95. The first-order valence-corrected chi connectivity index (χ1v) is 11.3. The first-order valence-electron chi connectivity index (χ1n) is 9.26. The maximum atomic E-state index is 11.6. The van der Waals surface area contributed by atoms with Gasteiger partial charge in [-0.3, -0.25) is 15.5 Å². The Balaban J connectivity index is 0.00000154. The normalized spacial score (nSPS) is 17.8. The maximum Gasteiger partial charge on any atom is 0.320 e. The van der Waals surface area contributed by atoms with Crippen LogP contribution in [0.25, 0.3) is 0 Å². The molecule has 7 N–H and O–H groups in total. The van der Waals surface area contributed by atoms with Crippen LogP contribution in [-0.4, -0.2) is 49.1 Å². The fraction of sp³-hybridized carbons (Fsp3) is 0.579. The van der Waals surface area contributed by atoms with E-state index in [1.165, 1.54) is 0 Å². The van der Waals surface area contributed by atoms with Crippen molar-refractivity contribution in [3.63, 3.8) is 0 Å². The molecule has 0 aliphatic carbocycles. The van der Waals surface area contributed by atoms with Crippen LogP contribution in [0.1, 0.15) is 50.3 Å². The Hall–Kier alpha value is -2.04. The number of nitrogens with one attached hydrogen (secondary N) is 2. The molecule has 1 heterocycles. The van der Waals surface area contributed by atoms with E-state index in [1.807, 2.05) is 39.0 Å². The molecule has 2 atom stereocenters. The van der Waals surface area contributed by atoms with E-state index in [9.17, 15) is 18.3 Å². The van der Waals surface area contributed by atoms with Gasteiger partial charge in [0.05, 0.1) is 0 Å². The number of aliphatic carboxylic acids is 1. The Bertz CT molecular complexity index is 841. The molecule has 0 aromatic heterocycles. The zero-order chi connectivity index (χ0) is 22.4. The van der Waals surface area contributed by atoms with Crippen molar-refractivity contribution in [3.8, 4) is 5.75 Å². The molecule has 9 nitrogen and oxygen atoms in total. The van der Waals surface area contributed by atoms with Gasteiger partial charge in [0, 0.05) is 30.0 Å². The van der Waals surface area contributed by atoms with Crippen molar-refractivity contribution < 1.29 is 23.1 Å². The minimum absolute atomic E-state index is 0. The highest BCUT2D eigenvalue weighted by molar-refractivity contribution is 7.90. The van der Waals surface area contributed by atoms with Crippen LogP contribution in [0.15, 0.2) is 18.2 Å². The highest BCUT2D eigenvalue weighted by atomic mass is 35.5. The molecule has 11 heteroatoms. The predicted octanol–water partition coefficient (Wildman–Crippen LogP) is 1.73. The second-order valence-corrected chi connectivity index (χ2v) is 10.2. The molecule has 0 radical (unpaired) electrons. The fourth-order valence-corrected chi connectivity index (χ4v) is 3.88. The first kappa shape index (κ1) is 28.0. The Labute approximate surface area is 184 Å². The number of benzene rings is 1. The van der Waals surface area contributed by atoms with E-state index in [4.69, 9.17) is 10.1 Å². The van der Waals surface area contributed by atoms with Crippen molar-refractivity contribution in [2.45, 2.75) is 57.7 Å². The molecule has 30 heavy (non-hydrogen) atoms. The zero-order valence-electron chi connectivity index (χ0n) is 17.8. The van der Waals surface area contributed by atoms with Crippen LogP contribution in [0.3, 0.4) is 0 Å². The molecule has 0 fully saturated rings. The van der Waals surface area contributed by atoms with Gasteiger partial charge in [-0.1, -0.05) is 17.7 Å². The second-order valence-electron chi connectivity index (χ2n) is 7.94. The summed E-state index contributed by atoms with van der Waals surface area (Å²) in [7, 11) is -3.09. The monoisotopic (exact) mass is 464 g/mol. The Morgan fingerprint density at radius 1 is 1.40 bits per heavy atom. The summed E-state index contributed by atoms with van der Waals surface area (Å²) in [5.41, 5.74) is 10.6. The number of sulfone groups is 1. The van der Waals surface area contributed by atoms with Crippen molar-refractivity contribution in [2.75, 3.05) is 12.0 Å². The number of aryl methyl sites for hydroxylation is 1. The Morgan fingerprint density at radius 3 is 2.47 bits per heavy atom. The molecule has 1 aromatic rings. The van der Waals surface area contributed by atoms with Crippen LogP contribution in [0.4, 0.5) is 0 Å². The molecule has 1 aromatic carbocycles. The summed E-state index contributed by atoms with van der Waals surface area (Å²) in [6.45, 7) is 5.94. The summed E-state index contributed by atoms with van der Waals surface area (Å²) < 4.78 is 28.6. The molecule has 2 rings (SSSR count). The lowest BCUT2D eigenvalue weighted by molar-refractivity contribution is -0.140. The Morgan fingerprint density at radius 2 is 1.97 bits per heavy atom. The molecule has 0 bridgehead atoms. The van der Waals surface area contributed by atoms with E-state index in [0.29, 0.717) is 12.8 Å². The Kier molecular flexibility index (Phi) is 10.6. The smallest absolute Gasteiger partial charge is 0.320 e. The molecular weight excluding hydrogens is 432 g/mol. The van der Waals surface area contributed by atoms with Gasteiger partial charge >= 0.3 is 5.97 Å². The summed E-state index contributed by atoms with van der Waals surface area (Å²) >= 11 is 0. The van der Waals surface area contributed by atoms with Gasteiger partial charge in [-0.2, -0.15) is 0 Å². The van der Waals surface area contributed by atoms with Crippen molar-refractivity contribution in [1.82, 2.24) is 5.32 Å². The van der Waals surface area contributed by atoms with Crippen molar-refractivity contribution in [1.29, 1.82) is 5.41 Å². The number of nitrogens with two attached hydrogens (primary N) is 2. The number of hydrogen-bond donors (Lipinski definition) is 5. The minimum atomic E-state index is -3.09. The molecule has 2 unspecified atom stereocenters. The summed E-state index contributed by atoms with van der Waals surface area (Å²) in [4.78, 5) is 11.6. The number of hydrogen-bond acceptors (Lipinski definition) is 6. The number of carboxylic acid groups (broad SMARTS) is 1. The number of ether oxygens (including phenoxy) is 1. The van der Waals surface area contributed by atoms with Crippen LogP contribution < -0.4 is 21.5 Å². The third-order valence-electron chi connectivity index (χ3n) is 4.33. The summed E-state index contributed by atoms with van der Waals surface area (Å²) in [5, 5.41) is 18.8. The van der Waals surface area contributed by atoms with Gasteiger partial charge in [0.15, 0.2) is 5.96 Å². The predicted molar refractivity (Wildman–Crippen MR) is 120 cm³/mol. The highest BCUT2D eigenvalue weighted by Gasteiger charge is 2.35. The number of guanidine groups is 1. The lowest BCUT2D eigenvalue weighted by Gasteiger charge is -2.39. The highest BCUT2D eigenvalue weighted by Crippen LogP contribution is 2.40. The SMILES string of the molecule is Cc1ccc2c(c1)C(NC(CCCS(C)(=O)=O)C(=O)O)CC(C)(C)O2.Cl.N=C(N)N. The van der Waals surface area contributed by atoms with E-state index in [1.54, 1.807) is 0 Å². The van der Waals surface area contributed by atoms with Gasteiger partial charge in [-0.15, -0.1) is 12.4 Å². The lowest BCUT2D eigenvalue weighted by Crippen LogP contribution is -2.45. The second kappa shape index (κ2) is 11.4. The third kappa shape index (κ3) is 10.1. The van der Waals surface area contributed by atoms with Crippen molar-refractivity contribution in [2.24, 2.45) is 11.5 Å². The number of rotatable bonds is 7. The molecular formula is C19H33ClN4O5S. The van der Waals surface area contributed by atoms with Gasteiger partial charge in [0.25, 0.3) is 0 Å². The largest absolute Gasteiger partial charge is 0.487 e. The van der Waals surface area contributed by atoms with Gasteiger partial charge in [0.1, 0.15) is 27.2 Å². The number of carboxylic acids is 1. The van der Waals surface area contributed by atoms with Crippen molar-refractivity contribution in [3.05, 3.63) is 29.3 Å². The number of fused-ring (bicyclic) bond motifs is 1. The van der Waals surface area contributed by atoms with Crippen LogP contribution in [0, 0.1) is 12.3 Å². The average Bonchev–Trinajstić information content (AvgIpc) is 2.52. The van der Waals surface area contributed by atoms with E-state index < -0.39 is 27.4 Å². The standard InChI is InChI=1S/C18H27NO5S.CH5N3.ClH/c1-12-7-8-16-13(10-12)15(11-18(2,3)24-16)19-14(17(20)21)6-5-9-25(4,22)23;2-1(3)4;/h7-8,10,14-15,19H,5-6,9,11H2,1-4H3,(H,20,21);(H5,2,3,4);1H. The zero-order valence-corrected chi connectivity index (χ0v) is 19.4. The fourth-order valence-electron chi connectivity index (χ4n) is 3.19. The van der Waals surface area contributed by atoms with Gasteiger partial charge in [0.2, 0.25) is 0 Å². The molecule has 0 amide bonds. The third-order valence-corrected chi connectivity index (χ3v) is 5.36. The minimum Gasteiger partial charge on any atom is -0.487 e. The van der Waals surface area contributed by atoms with Gasteiger partial charge in [-0.05, 0) is 39.7 Å². The topological polar surface area (TPSA) is 169 Å². The number of halogens is 1. The van der Waals surface area contributed by atoms with Gasteiger partial charge < -0.3 is 21.3 Å². The molecule has 1 aliphatic rings. The first-order chi connectivity index (χ1) is 13.2. The quantitative estimate of drug-likeness (QED) is 0.300. The lowest BCUT2D eigenvalue weighted by atomic mass is 9.88. The summed E-state index contributed by atoms with van der Waals surface area (Å²) in [6.07, 6.45) is 2.38. The van der Waals surface area contributed by atoms with Crippen LogP contribution in [-0.2, 0) is 14.6 Å². The van der Waals surface area contributed by atoms with Crippen LogP contribution >= 0.6 is 12.4 Å². The molecule has 172 valence electrons. The van der Waals surface area contributed by atoms with Crippen LogP contribution in [0.5, 0.6) is 5.75 Å². The molecule has 1 aliphatic heterocycles. The van der Waals surface area contributed by atoms with Crippen molar-refractivity contribution >= 4 is 34.2 Å².